The number of carbonyl (C=O) groups excluding carboxylic acids is 2. The van der Waals surface area contributed by atoms with Crippen molar-refractivity contribution in [3.63, 3.8) is 0 Å². The van der Waals surface area contributed by atoms with Crippen LogP contribution in [0, 0.1) is 0 Å². The van der Waals surface area contributed by atoms with Gasteiger partial charge >= 0.3 is 6.03 Å². The highest BCUT2D eigenvalue weighted by atomic mass is 16.2. The Morgan fingerprint density at radius 3 is 2.73 bits per heavy atom. The number of hydrogen-bond acceptors (Lipinski definition) is 3. The number of likely N-dealkylation sites (N-methyl/N-ethyl adjacent to an activating group) is 1. The van der Waals surface area contributed by atoms with E-state index in [9.17, 15) is 9.59 Å². The lowest BCUT2D eigenvalue weighted by Gasteiger charge is -2.12. The fraction of sp³-hybridized carbons (Fsp3) is 0.800. The molecule has 15 heavy (non-hydrogen) atoms. The average molecular weight is 213 g/mol. The molecule has 1 atom stereocenters. The third kappa shape index (κ3) is 2.92. The van der Waals surface area contributed by atoms with Crippen LogP contribution in [0.25, 0.3) is 0 Å². The summed E-state index contributed by atoms with van der Waals surface area (Å²) in [5.74, 6) is -0.0836. The highest BCUT2D eigenvalue weighted by molar-refractivity contribution is 6.04. The van der Waals surface area contributed by atoms with Crippen LogP contribution >= 0.6 is 0 Å². The van der Waals surface area contributed by atoms with Crippen LogP contribution in [0.1, 0.15) is 26.7 Å². The van der Waals surface area contributed by atoms with E-state index in [1.54, 1.807) is 0 Å². The first-order valence-electron chi connectivity index (χ1n) is 5.53. The summed E-state index contributed by atoms with van der Waals surface area (Å²) in [6.07, 6.45) is 1.63. The number of imide groups is 1. The van der Waals surface area contributed by atoms with Gasteiger partial charge in [-0.3, -0.25) is 9.69 Å². The van der Waals surface area contributed by atoms with Gasteiger partial charge in [-0.25, -0.2) is 4.79 Å². The molecule has 1 heterocycles. The molecule has 1 fully saturated rings. The molecule has 3 amide bonds. The average Bonchev–Trinajstić information content (AvgIpc) is 2.46. The van der Waals surface area contributed by atoms with E-state index in [1.165, 1.54) is 4.90 Å². The summed E-state index contributed by atoms with van der Waals surface area (Å²) in [7, 11) is 0. The summed E-state index contributed by atoms with van der Waals surface area (Å²) < 4.78 is 0. The van der Waals surface area contributed by atoms with E-state index in [-0.39, 0.29) is 18.0 Å². The molecule has 5 heteroatoms. The molecule has 86 valence electrons. The number of nitrogens with zero attached hydrogens (tertiary/aromatic N) is 1. The molecule has 0 aliphatic carbocycles. The molecular weight excluding hydrogens is 194 g/mol. The summed E-state index contributed by atoms with van der Waals surface area (Å²) >= 11 is 0. The van der Waals surface area contributed by atoms with Crippen molar-refractivity contribution in [2.75, 3.05) is 19.6 Å². The molecule has 1 aliphatic heterocycles. The minimum atomic E-state index is -0.302. The van der Waals surface area contributed by atoms with E-state index in [0.717, 1.165) is 19.4 Å². The number of urea groups is 1. The zero-order chi connectivity index (χ0) is 11.3. The normalized spacial score (nSPS) is 20.9. The zero-order valence-corrected chi connectivity index (χ0v) is 9.38. The maximum Gasteiger partial charge on any atom is 0.324 e. The van der Waals surface area contributed by atoms with E-state index < -0.39 is 0 Å². The molecule has 1 aliphatic rings. The van der Waals surface area contributed by atoms with Crippen molar-refractivity contribution in [2.45, 2.75) is 32.7 Å². The van der Waals surface area contributed by atoms with Gasteiger partial charge in [0, 0.05) is 13.1 Å². The summed E-state index contributed by atoms with van der Waals surface area (Å²) in [5, 5.41) is 5.78. The van der Waals surface area contributed by atoms with Gasteiger partial charge in [-0.2, -0.15) is 0 Å². The van der Waals surface area contributed by atoms with Gasteiger partial charge in [0.15, 0.2) is 0 Å². The monoisotopic (exact) mass is 213 g/mol. The van der Waals surface area contributed by atoms with Crippen molar-refractivity contribution >= 4 is 11.9 Å². The van der Waals surface area contributed by atoms with Gasteiger partial charge in [-0.1, -0.05) is 20.3 Å². The van der Waals surface area contributed by atoms with Gasteiger partial charge in [0.25, 0.3) is 5.91 Å². The Morgan fingerprint density at radius 2 is 2.13 bits per heavy atom. The minimum absolute atomic E-state index is 0.0836. The second-order valence-corrected chi connectivity index (χ2v) is 3.63. The minimum Gasteiger partial charge on any atom is -0.326 e. The van der Waals surface area contributed by atoms with E-state index in [0.29, 0.717) is 13.1 Å². The molecule has 1 saturated heterocycles. The van der Waals surface area contributed by atoms with Crippen molar-refractivity contribution in [1.82, 2.24) is 15.5 Å². The smallest absolute Gasteiger partial charge is 0.324 e. The Morgan fingerprint density at radius 1 is 1.40 bits per heavy atom. The summed E-state index contributed by atoms with van der Waals surface area (Å²) in [5.41, 5.74) is 0. The van der Waals surface area contributed by atoms with Crippen LogP contribution in [0.3, 0.4) is 0 Å². The molecule has 0 bridgehead atoms. The standard InChI is InChI=1S/C10H19N3O2/c1-3-5-8-9(14)13(10(15)12-8)7-6-11-4-2/h8,11H,3-7H2,1-2H3,(H,12,15). The molecule has 5 nitrogen and oxygen atoms in total. The van der Waals surface area contributed by atoms with E-state index >= 15 is 0 Å². The molecule has 0 aromatic rings. The van der Waals surface area contributed by atoms with Gasteiger partial charge in [-0.15, -0.1) is 0 Å². The number of carbonyl (C=O) groups is 2. The number of amides is 3. The zero-order valence-electron chi connectivity index (χ0n) is 9.38. The van der Waals surface area contributed by atoms with Crippen LogP contribution in [0.15, 0.2) is 0 Å². The van der Waals surface area contributed by atoms with Crippen molar-refractivity contribution in [2.24, 2.45) is 0 Å². The lowest BCUT2D eigenvalue weighted by Crippen LogP contribution is -2.37. The molecule has 0 saturated carbocycles. The van der Waals surface area contributed by atoms with E-state index in [4.69, 9.17) is 0 Å². The Balaban J connectivity index is 2.44. The summed E-state index contributed by atoms with van der Waals surface area (Å²) in [6.45, 7) is 5.96. The van der Waals surface area contributed by atoms with Crippen LogP contribution in [0.5, 0.6) is 0 Å². The van der Waals surface area contributed by atoms with Gasteiger partial charge in [0.1, 0.15) is 6.04 Å². The topological polar surface area (TPSA) is 61.4 Å². The molecule has 1 unspecified atom stereocenters. The largest absolute Gasteiger partial charge is 0.326 e. The first-order chi connectivity index (χ1) is 7.20. The molecular formula is C10H19N3O2. The molecule has 0 aromatic heterocycles. The first-order valence-corrected chi connectivity index (χ1v) is 5.53. The first kappa shape index (κ1) is 12.0. The van der Waals surface area contributed by atoms with Gasteiger partial charge < -0.3 is 10.6 Å². The van der Waals surface area contributed by atoms with Crippen LogP contribution in [0.4, 0.5) is 4.79 Å². The predicted molar refractivity (Wildman–Crippen MR) is 57.5 cm³/mol. The number of hydrogen-bond donors (Lipinski definition) is 2. The third-order valence-corrected chi connectivity index (χ3v) is 2.45. The van der Waals surface area contributed by atoms with Crippen LogP contribution in [-0.4, -0.2) is 42.5 Å². The summed E-state index contributed by atoms with van der Waals surface area (Å²) in [4.78, 5) is 24.4. The Hall–Kier alpha value is -1.10. The molecule has 1 rings (SSSR count). The van der Waals surface area contributed by atoms with Crippen molar-refractivity contribution in [1.29, 1.82) is 0 Å². The van der Waals surface area contributed by atoms with Gasteiger partial charge in [-0.05, 0) is 13.0 Å². The molecule has 2 N–H and O–H groups in total. The van der Waals surface area contributed by atoms with Crippen molar-refractivity contribution in [3.05, 3.63) is 0 Å². The Kier molecular flexibility index (Phi) is 4.55. The molecule has 0 radical (unpaired) electrons. The van der Waals surface area contributed by atoms with Crippen molar-refractivity contribution in [3.8, 4) is 0 Å². The molecule has 0 spiro atoms. The third-order valence-electron chi connectivity index (χ3n) is 2.45. The fourth-order valence-electron chi connectivity index (χ4n) is 1.64. The maximum absolute atomic E-state index is 11.7. The second kappa shape index (κ2) is 5.70. The highest BCUT2D eigenvalue weighted by Crippen LogP contribution is 2.10. The maximum atomic E-state index is 11.7. The van der Waals surface area contributed by atoms with E-state index in [2.05, 4.69) is 10.6 Å². The van der Waals surface area contributed by atoms with Crippen LogP contribution < -0.4 is 10.6 Å². The fourth-order valence-corrected chi connectivity index (χ4v) is 1.64. The quantitative estimate of drug-likeness (QED) is 0.493. The lowest BCUT2D eigenvalue weighted by atomic mass is 10.2. The Bertz CT molecular complexity index is 243. The second-order valence-electron chi connectivity index (χ2n) is 3.63. The lowest BCUT2D eigenvalue weighted by molar-refractivity contribution is -0.127. The van der Waals surface area contributed by atoms with Gasteiger partial charge in [0.05, 0.1) is 0 Å². The highest BCUT2D eigenvalue weighted by Gasteiger charge is 2.36. The number of nitrogens with one attached hydrogen (secondary N) is 2. The van der Waals surface area contributed by atoms with Crippen LogP contribution in [0.2, 0.25) is 0 Å². The van der Waals surface area contributed by atoms with Crippen molar-refractivity contribution < 1.29 is 9.59 Å². The van der Waals surface area contributed by atoms with Crippen LogP contribution in [-0.2, 0) is 4.79 Å². The van der Waals surface area contributed by atoms with E-state index in [1.807, 2.05) is 13.8 Å². The number of rotatable bonds is 6. The van der Waals surface area contributed by atoms with Gasteiger partial charge in [0.2, 0.25) is 0 Å². The molecule has 0 aromatic carbocycles. The SMILES string of the molecule is CCCC1NC(=O)N(CCNCC)C1=O. The Labute approximate surface area is 90.2 Å². The predicted octanol–water partition coefficient (Wildman–Crippen LogP) is 0.316. The summed E-state index contributed by atoms with van der Waals surface area (Å²) in [6, 6.07) is -0.555.